The Labute approximate surface area is 153 Å². The van der Waals surface area contributed by atoms with E-state index in [-0.39, 0.29) is 6.61 Å². The zero-order chi connectivity index (χ0) is 19.6. The average molecular weight is 376 g/mol. The Morgan fingerprint density at radius 1 is 1.22 bits per heavy atom. The maximum Gasteiger partial charge on any atom is 0.338 e. The zero-order valence-electron chi connectivity index (χ0n) is 14.6. The summed E-state index contributed by atoms with van der Waals surface area (Å²) in [6, 6.07) is 8.29. The fraction of sp³-hybridized carbons (Fsp3) is 0.389. The quantitative estimate of drug-likeness (QED) is 0.604. The van der Waals surface area contributed by atoms with Gasteiger partial charge in [-0.05, 0) is 18.6 Å². The minimum Gasteiger partial charge on any atom is -0.459 e. The molecule has 1 aliphatic rings. The van der Waals surface area contributed by atoms with E-state index in [0.717, 1.165) is 4.57 Å². The molecule has 1 fully saturated rings. The first kappa shape index (κ1) is 19.0. The Morgan fingerprint density at radius 3 is 2.59 bits per heavy atom. The molecule has 9 heteroatoms. The molecule has 3 rings (SSSR count). The summed E-state index contributed by atoms with van der Waals surface area (Å²) in [4.78, 5) is 37.9. The van der Waals surface area contributed by atoms with Crippen molar-refractivity contribution in [2.45, 2.75) is 37.9 Å². The lowest BCUT2D eigenvalue weighted by molar-refractivity contribution is -0.0599. The molecule has 144 valence electrons. The number of aliphatic hydroxyl groups excluding tert-OH is 2. The number of nitrogens with zero attached hydrogens (tertiary/aromatic N) is 1. The van der Waals surface area contributed by atoms with E-state index in [1.165, 1.54) is 6.20 Å². The number of aromatic amines is 1. The number of rotatable bonds is 5. The number of benzene rings is 1. The van der Waals surface area contributed by atoms with Crippen LogP contribution in [0.15, 0.2) is 46.1 Å². The van der Waals surface area contributed by atoms with Crippen molar-refractivity contribution < 1.29 is 24.5 Å². The van der Waals surface area contributed by atoms with Crippen LogP contribution in [0.2, 0.25) is 0 Å². The van der Waals surface area contributed by atoms with E-state index in [9.17, 15) is 24.6 Å². The van der Waals surface area contributed by atoms with Gasteiger partial charge in [-0.25, -0.2) is 9.59 Å². The number of H-pyrrole nitrogens is 1. The normalized spacial score (nSPS) is 24.7. The molecule has 0 amide bonds. The summed E-state index contributed by atoms with van der Waals surface area (Å²) in [6.07, 6.45) is -3.38. The number of hydrogen-bond donors (Lipinski definition) is 3. The first-order chi connectivity index (χ1) is 12.9. The van der Waals surface area contributed by atoms with Crippen LogP contribution in [0.3, 0.4) is 0 Å². The van der Waals surface area contributed by atoms with Crippen molar-refractivity contribution in [3.05, 3.63) is 68.5 Å². The van der Waals surface area contributed by atoms with Crippen LogP contribution in [0.5, 0.6) is 0 Å². The molecule has 2 aromatic rings. The molecule has 0 spiro atoms. The van der Waals surface area contributed by atoms with Crippen LogP contribution in [-0.4, -0.2) is 50.7 Å². The molecule has 3 N–H and O–H groups in total. The summed E-state index contributed by atoms with van der Waals surface area (Å²) >= 11 is 0. The maximum absolute atomic E-state index is 12.1. The molecule has 0 radical (unpaired) electrons. The largest absolute Gasteiger partial charge is 0.459 e. The van der Waals surface area contributed by atoms with E-state index in [1.807, 2.05) is 0 Å². The summed E-state index contributed by atoms with van der Waals surface area (Å²) in [7, 11) is 0. The molecular formula is C18H20N2O7. The van der Waals surface area contributed by atoms with Crippen molar-refractivity contribution in [2.24, 2.45) is 0 Å². The second-order valence-electron chi connectivity index (χ2n) is 6.19. The number of esters is 1. The zero-order valence-corrected chi connectivity index (χ0v) is 14.6. The van der Waals surface area contributed by atoms with Crippen LogP contribution >= 0.6 is 0 Å². The molecule has 2 heterocycles. The van der Waals surface area contributed by atoms with E-state index >= 15 is 0 Å². The number of nitrogens with one attached hydrogen (secondary N) is 1. The molecular weight excluding hydrogens is 356 g/mol. The van der Waals surface area contributed by atoms with Crippen molar-refractivity contribution in [3.8, 4) is 0 Å². The van der Waals surface area contributed by atoms with Gasteiger partial charge in [0.25, 0.3) is 5.56 Å². The van der Waals surface area contributed by atoms with E-state index in [4.69, 9.17) is 9.47 Å². The smallest absolute Gasteiger partial charge is 0.338 e. The SMILES string of the molecule is CCc1cn([C@@H]2O[C@H](COC(=O)c3ccccc3)[C@@H](O)[C@H]2O)c(=O)[nH]c1=O. The van der Waals surface area contributed by atoms with Crippen LogP contribution in [0.25, 0.3) is 0 Å². The Balaban J connectivity index is 1.74. The minimum absolute atomic E-state index is 0.304. The number of carbonyl (C=O) groups is 1. The highest BCUT2D eigenvalue weighted by atomic mass is 16.6. The molecule has 0 aliphatic carbocycles. The third kappa shape index (κ3) is 3.85. The number of hydrogen-bond acceptors (Lipinski definition) is 7. The number of aromatic nitrogens is 2. The van der Waals surface area contributed by atoms with Gasteiger partial charge in [0.05, 0.1) is 5.56 Å². The lowest BCUT2D eigenvalue weighted by Gasteiger charge is -2.17. The molecule has 4 atom stereocenters. The lowest BCUT2D eigenvalue weighted by atomic mass is 10.1. The number of ether oxygens (including phenoxy) is 2. The van der Waals surface area contributed by atoms with Crippen molar-refractivity contribution in [2.75, 3.05) is 6.61 Å². The Morgan fingerprint density at radius 2 is 1.93 bits per heavy atom. The highest BCUT2D eigenvalue weighted by molar-refractivity contribution is 5.89. The highest BCUT2D eigenvalue weighted by Crippen LogP contribution is 2.28. The van der Waals surface area contributed by atoms with Crippen LogP contribution in [0, 0.1) is 0 Å². The number of carbonyl (C=O) groups excluding carboxylic acids is 1. The monoisotopic (exact) mass is 376 g/mol. The topological polar surface area (TPSA) is 131 Å². The van der Waals surface area contributed by atoms with Gasteiger partial charge < -0.3 is 19.7 Å². The summed E-state index contributed by atoms with van der Waals surface area (Å²) in [5.74, 6) is -0.598. The van der Waals surface area contributed by atoms with Crippen LogP contribution < -0.4 is 11.2 Å². The summed E-state index contributed by atoms with van der Waals surface area (Å²) in [5.41, 5.74) is -0.610. The molecule has 1 saturated heterocycles. The second-order valence-corrected chi connectivity index (χ2v) is 6.19. The van der Waals surface area contributed by atoms with Gasteiger partial charge in [0.15, 0.2) is 6.23 Å². The van der Waals surface area contributed by atoms with Crippen molar-refractivity contribution >= 4 is 5.97 Å². The third-order valence-corrected chi connectivity index (χ3v) is 4.42. The van der Waals surface area contributed by atoms with E-state index in [1.54, 1.807) is 37.3 Å². The van der Waals surface area contributed by atoms with Gasteiger partial charge in [0.1, 0.15) is 24.9 Å². The average Bonchev–Trinajstić information content (AvgIpc) is 2.95. The molecule has 9 nitrogen and oxygen atoms in total. The van der Waals surface area contributed by atoms with E-state index in [2.05, 4.69) is 4.98 Å². The van der Waals surface area contributed by atoms with Gasteiger partial charge >= 0.3 is 11.7 Å². The Kier molecular flexibility index (Phi) is 5.54. The van der Waals surface area contributed by atoms with Crippen molar-refractivity contribution in [1.82, 2.24) is 9.55 Å². The van der Waals surface area contributed by atoms with Gasteiger partial charge in [-0.3, -0.25) is 14.3 Å². The summed E-state index contributed by atoms with van der Waals surface area (Å²) in [5, 5.41) is 20.4. The molecule has 0 saturated carbocycles. The lowest BCUT2D eigenvalue weighted by Crippen LogP contribution is -2.38. The first-order valence-electron chi connectivity index (χ1n) is 8.50. The van der Waals surface area contributed by atoms with Crippen LogP contribution in [0.4, 0.5) is 0 Å². The van der Waals surface area contributed by atoms with Crippen molar-refractivity contribution in [3.63, 3.8) is 0 Å². The van der Waals surface area contributed by atoms with Crippen LogP contribution in [-0.2, 0) is 15.9 Å². The Hall–Kier alpha value is -2.75. The molecule has 1 aliphatic heterocycles. The van der Waals surface area contributed by atoms with Gasteiger partial charge in [-0.1, -0.05) is 25.1 Å². The Bertz CT molecular complexity index is 921. The van der Waals surface area contributed by atoms with Gasteiger partial charge in [0, 0.05) is 11.8 Å². The molecule has 0 bridgehead atoms. The standard InChI is InChI=1S/C18H20N2O7/c1-2-10-8-20(18(25)19-15(10)23)16-14(22)13(21)12(27-16)9-26-17(24)11-6-4-3-5-7-11/h3-8,12-14,16,21-22H,2,9H2,1H3,(H,19,23,25)/t12-,13-,14-,16-/m1/s1. The summed E-state index contributed by atoms with van der Waals surface area (Å²) < 4.78 is 11.7. The molecule has 1 aromatic carbocycles. The fourth-order valence-corrected chi connectivity index (χ4v) is 2.88. The minimum atomic E-state index is -1.43. The maximum atomic E-state index is 12.1. The predicted octanol–water partition coefficient (Wildman–Crippen LogP) is -0.425. The van der Waals surface area contributed by atoms with Gasteiger partial charge in [0.2, 0.25) is 0 Å². The third-order valence-electron chi connectivity index (χ3n) is 4.42. The fourth-order valence-electron chi connectivity index (χ4n) is 2.88. The first-order valence-corrected chi connectivity index (χ1v) is 8.50. The van der Waals surface area contributed by atoms with Gasteiger partial charge in [-0.15, -0.1) is 0 Å². The van der Waals surface area contributed by atoms with Crippen molar-refractivity contribution in [1.29, 1.82) is 0 Å². The number of aliphatic hydroxyl groups is 2. The molecule has 27 heavy (non-hydrogen) atoms. The number of aryl methyl sites for hydroxylation is 1. The molecule has 1 aromatic heterocycles. The van der Waals surface area contributed by atoms with E-state index < -0.39 is 41.8 Å². The second kappa shape index (κ2) is 7.87. The predicted molar refractivity (Wildman–Crippen MR) is 93.3 cm³/mol. The molecule has 0 unspecified atom stereocenters. The van der Waals surface area contributed by atoms with Crippen LogP contribution in [0.1, 0.15) is 29.1 Å². The van der Waals surface area contributed by atoms with Gasteiger partial charge in [-0.2, -0.15) is 0 Å². The summed E-state index contributed by atoms with van der Waals surface area (Å²) in [6.45, 7) is 1.44. The van der Waals surface area contributed by atoms with E-state index in [0.29, 0.717) is 17.5 Å². The highest BCUT2D eigenvalue weighted by Gasteiger charge is 2.44.